The van der Waals surface area contributed by atoms with Crippen LogP contribution in [0.3, 0.4) is 0 Å². The number of benzene rings is 1. The van der Waals surface area contributed by atoms with E-state index in [9.17, 15) is 0 Å². The molecule has 0 saturated carbocycles. The Hall–Kier alpha value is -2.19. The van der Waals surface area contributed by atoms with Gasteiger partial charge < -0.3 is 19.9 Å². The third-order valence-electron chi connectivity index (χ3n) is 5.00. The summed E-state index contributed by atoms with van der Waals surface area (Å²) in [6, 6.07) is 8.44. The molecule has 8 heteroatoms. The Morgan fingerprint density at radius 3 is 2.59 bits per heavy atom. The van der Waals surface area contributed by atoms with E-state index >= 15 is 0 Å². The molecule has 0 unspecified atom stereocenters. The average Bonchev–Trinajstić information content (AvgIpc) is 3.25. The minimum atomic E-state index is 0.657. The molecule has 2 heterocycles. The van der Waals surface area contributed by atoms with E-state index in [1.54, 1.807) is 0 Å². The van der Waals surface area contributed by atoms with E-state index in [-0.39, 0.29) is 0 Å². The highest BCUT2D eigenvalue weighted by Crippen LogP contribution is 2.19. The summed E-state index contributed by atoms with van der Waals surface area (Å²) in [6.45, 7) is 10.1. The second-order valence-electron chi connectivity index (χ2n) is 7.04. The largest absolute Gasteiger partial charge is 0.377 e. The molecule has 0 spiro atoms. The van der Waals surface area contributed by atoms with Gasteiger partial charge in [0, 0.05) is 64.3 Å². The van der Waals surface area contributed by atoms with Crippen molar-refractivity contribution in [2.24, 2.45) is 4.99 Å². The molecule has 1 fully saturated rings. The van der Waals surface area contributed by atoms with Crippen molar-refractivity contribution in [1.29, 1.82) is 0 Å². The molecule has 0 bridgehead atoms. The molecule has 0 atom stereocenters. The summed E-state index contributed by atoms with van der Waals surface area (Å²) < 4.78 is 10.1. The molecule has 1 aliphatic heterocycles. The summed E-state index contributed by atoms with van der Waals surface area (Å²) in [6.07, 6.45) is 1.92. The molecule has 0 aliphatic carbocycles. The van der Waals surface area contributed by atoms with Crippen LogP contribution >= 0.6 is 11.5 Å². The van der Waals surface area contributed by atoms with Gasteiger partial charge in [0.05, 0.1) is 6.61 Å². The minimum Gasteiger partial charge on any atom is -0.377 e. The number of rotatable bonds is 8. The Morgan fingerprint density at radius 2 is 1.93 bits per heavy atom. The van der Waals surface area contributed by atoms with E-state index in [2.05, 4.69) is 67.6 Å². The average molecular weight is 417 g/mol. The van der Waals surface area contributed by atoms with Gasteiger partial charge in [-0.1, -0.05) is 38.1 Å². The highest BCUT2D eigenvalue weighted by molar-refractivity contribution is 7.09. The lowest BCUT2D eigenvalue weighted by atomic mass is 10.1. The van der Waals surface area contributed by atoms with Crippen molar-refractivity contribution in [1.82, 2.24) is 19.6 Å². The lowest BCUT2D eigenvalue weighted by Gasteiger charge is -2.36. The molecule has 158 valence electrons. The molecule has 2 aromatic rings. The van der Waals surface area contributed by atoms with Crippen molar-refractivity contribution in [3.8, 4) is 0 Å². The maximum atomic E-state index is 5.74. The van der Waals surface area contributed by atoms with E-state index in [0.717, 1.165) is 69.1 Å². The standard InChI is InChI=1S/C21H32N6OS/c1-4-14-28-16-18-9-7-6-8-17(18)15-23-20(22-3)26-10-12-27(13-11-26)21-24-19(5-2)25-29-21/h6-9H,4-5,10-16H2,1-3H3,(H,22,23). The van der Waals surface area contributed by atoms with E-state index in [0.29, 0.717) is 6.61 Å². The maximum Gasteiger partial charge on any atom is 0.205 e. The van der Waals surface area contributed by atoms with E-state index in [1.807, 2.05) is 7.05 Å². The van der Waals surface area contributed by atoms with Gasteiger partial charge in [-0.15, -0.1) is 0 Å². The molecule has 3 rings (SSSR count). The Morgan fingerprint density at radius 1 is 1.17 bits per heavy atom. The minimum absolute atomic E-state index is 0.657. The lowest BCUT2D eigenvalue weighted by Crippen LogP contribution is -2.52. The third kappa shape index (κ3) is 5.90. The number of nitrogens with zero attached hydrogens (tertiary/aromatic N) is 5. The van der Waals surface area contributed by atoms with E-state index < -0.39 is 0 Å². The number of aliphatic imine (C=N–C) groups is 1. The maximum absolute atomic E-state index is 5.74. The van der Waals surface area contributed by atoms with Crippen LogP contribution in [0, 0.1) is 0 Å². The molecule has 7 nitrogen and oxygen atoms in total. The van der Waals surface area contributed by atoms with Gasteiger partial charge in [-0.2, -0.15) is 4.37 Å². The first-order chi connectivity index (χ1) is 14.2. The van der Waals surface area contributed by atoms with E-state index in [4.69, 9.17) is 4.74 Å². The Kier molecular flexibility index (Phi) is 8.25. The molecule has 29 heavy (non-hydrogen) atoms. The molecule has 1 aromatic carbocycles. The normalized spacial score (nSPS) is 15.1. The van der Waals surface area contributed by atoms with Crippen LogP contribution in [0.2, 0.25) is 0 Å². The Labute approximate surface area is 178 Å². The van der Waals surface area contributed by atoms with Crippen LogP contribution in [-0.4, -0.2) is 60.1 Å². The van der Waals surface area contributed by atoms with Crippen molar-refractivity contribution in [2.75, 3.05) is 44.7 Å². The van der Waals surface area contributed by atoms with Crippen LogP contribution in [0.1, 0.15) is 37.2 Å². The van der Waals surface area contributed by atoms with Crippen LogP contribution < -0.4 is 10.2 Å². The molecular weight excluding hydrogens is 384 g/mol. The second kappa shape index (κ2) is 11.1. The number of anilines is 1. The van der Waals surface area contributed by atoms with Crippen molar-refractivity contribution in [3.05, 3.63) is 41.2 Å². The van der Waals surface area contributed by atoms with Gasteiger partial charge in [0.1, 0.15) is 5.82 Å². The fourth-order valence-corrected chi connectivity index (χ4v) is 4.13. The first-order valence-corrected chi connectivity index (χ1v) is 11.2. The molecule has 1 saturated heterocycles. The van der Waals surface area contributed by atoms with E-state index in [1.165, 1.54) is 22.7 Å². The number of guanidine groups is 1. The van der Waals surface area contributed by atoms with Gasteiger partial charge >= 0.3 is 0 Å². The van der Waals surface area contributed by atoms with Crippen molar-refractivity contribution >= 4 is 22.6 Å². The van der Waals surface area contributed by atoms with Gasteiger partial charge in [-0.05, 0) is 17.5 Å². The molecule has 1 N–H and O–H groups in total. The monoisotopic (exact) mass is 416 g/mol. The number of piperazine rings is 1. The van der Waals surface area contributed by atoms with Gasteiger partial charge in [-0.25, -0.2) is 4.98 Å². The van der Waals surface area contributed by atoms with Crippen LogP contribution in [0.5, 0.6) is 0 Å². The summed E-state index contributed by atoms with van der Waals surface area (Å²) in [7, 11) is 1.85. The fourth-order valence-electron chi connectivity index (χ4n) is 3.33. The summed E-state index contributed by atoms with van der Waals surface area (Å²) >= 11 is 1.50. The molecule has 0 radical (unpaired) electrons. The Balaban J connectivity index is 1.52. The number of nitrogens with one attached hydrogen (secondary N) is 1. The van der Waals surface area contributed by atoms with Crippen molar-refractivity contribution in [3.63, 3.8) is 0 Å². The first-order valence-electron chi connectivity index (χ1n) is 10.4. The summed E-state index contributed by atoms with van der Waals surface area (Å²) in [5, 5.41) is 4.56. The zero-order valence-electron chi connectivity index (χ0n) is 17.7. The Bertz CT molecular complexity index is 785. The van der Waals surface area contributed by atoms with Gasteiger partial charge in [-0.3, -0.25) is 4.99 Å². The highest BCUT2D eigenvalue weighted by atomic mass is 32.1. The van der Waals surface area contributed by atoms with Crippen LogP contribution in [0.25, 0.3) is 0 Å². The molecular formula is C21H32N6OS. The third-order valence-corrected chi connectivity index (χ3v) is 5.81. The summed E-state index contributed by atoms with van der Waals surface area (Å²) in [5.74, 6) is 1.88. The van der Waals surface area contributed by atoms with Gasteiger partial charge in [0.15, 0.2) is 5.96 Å². The van der Waals surface area contributed by atoms with Crippen LogP contribution in [-0.2, 0) is 24.3 Å². The first kappa shape index (κ1) is 21.5. The van der Waals surface area contributed by atoms with Crippen molar-refractivity contribution in [2.45, 2.75) is 39.8 Å². The number of hydrogen-bond acceptors (Lipinski definition) is 6. The zero-order chi connectivity index (χ0) is 20.5. The SMILES string of the molecule is CCCOCc1ccccc1CNC(=NC)N1CCN(c2nc(CC)ns2)CC1. The molecule has 0 amide bonds. The topological polar surface area (TPSA) is 65.9 Å². The summed E-state index contributed by atoms with van der Waals surface area (Å²) in [4.78, 5) is 13.8. The summed E-state index contributed by atoms with van der Waals surface area (Å²) in [5.41, 5.74) is 2.49. The smallest absolute Gasteiger partial charge is 0.205 e. The van der Waals surface area contributed by atoms with Crippen LogP contribution in [0.15, 0.2) is 29.3 Å². The zero-order valence-corrected chi connectivity index (χ0v) is 18.5. The predicted molar refractivity (Wildman–Crippen MR) is 120 cm³/mol. The van der Waals surface area contributed by atoms with Crippen molar-refractivity contribution < 1.29 is 4.74 Å². The lowest BCUT2D eigenvalue weighted by molar-refractivity contribution is 0.121. The predicted octanol–water partition coefficient (Wildman–Crippen LogP) is 2.92. The number of hydrogen-bond donors (Lipinski definition) is 1. The fraction of sp³-hybridized carbons (Fsp3) is 0.571. The van der Waals surface area contributed by atoms with Gasteiger partial charge in [0.25, 0.3) is 0 Å². The van der Waals surface area contributed by atoms with Crippen LogP contribution in [0.4, 0.5) is 5.13 Å². The number of aromatic nitrogens is 2. The highest BCUT2D eigenvalue weighted by Gasteiger charge is 2.22. The number of aryl methyl sites for hydroxylation is 1. The second-order valence-corrected chi connectivity index (χ2v) is 7.77. The van der Waals surface area contributed by atoms with Gasteiger partial charge in [0.2, 0.25) is 5.13 Å². The molecule has 1 aromatic heterocycles. The number of ether oxygens (including phenoxy) is 1. The molecule has 1 aliphatic rings. The quantitative estimate of drug-likeness (QED) is 0.405.